The molecule has 0 unspecified atom stereocenters. The van der Waals surface area contributed by atoms with Crippen molar-refractivity contribution in [3.05, 3.63) is 27.7 Å². The number of nitrogens with two attached hydrogens (primary N) is 1. The summed E-state index contributed by atoms with van der Waals surface area (Å²) >= 11 is 12.0. The lowest BCUT2D eigenvalue weighted by Crippen LogP contribution is -2.44. The highest BCUT2D eigenvalue weighted by Gasteiger charge is 2.32. The Labute approximate surface area is 152 Å². The second kappa shape index (κ2) is 7.48. The number of carbonyl (C=O) groups is 1. The molecule has 2 saturated heterocycles. The molecule has 0 bridgehead atoms. The zero-order chi connectivity index (χ0) is 17.3. The molecule has 24 heavy (non-hydrogen) atoms. The maximum atomic E-state index is 12.5. The number of hydrogen-bond acceptors (Lipinski definition) is 4. The third-order valence-electron chi connectivity index (χ3n) is 5.20. The molecular formula is C17H23Cl2N3O2. The van der Waals surface area contributed by atoms with E-state index in [2.05, 4.69) is 5.32 Å². The number of nitrogens with zero attached hydrogens (tertiary/aromatic N) is 1. The van der Waals surface area contributed by atoms with Gasteiger partial charge in [-0.15, -0.1) is 0 Å². The van der Waals surface area contributed by atoms with Crippen LogP contribution in [0.1, 0.15) is 30.9 Å². The van der Waals surface area contributed by atoms with Gasteiger partial charge in [0.05, 0.1) is 16.0 Å². The molecule has 0 radical (unpaired) electrons. The second-order valence-corrected chi connectivity index (χ2v) is 7.52. The zero-order valence-corrected chi connectivity index (χ0v) is 15.0. The summed E-state index contributed by atoms with van der Waals surface area (Å²) in [5, 5.41) is 14.0. The van der Waals surface area contributed by atoms with E-state index in [4.69, 9.17) is 28.9 Å². The Bertz CT molecular complexity index is 612. The standard InChI is InChI=1S/C17H23Cl2N3O2/c18-13-7-12(15(23)8-14(13)19)16(20)10-2-5-22(6-3-10)17(24)11-1-4-21-9-11/h7-8,10-11,16,21,23H,1-6,9,20H2/t11-,16+/m0/s1. The number of amides is 1. The van der Waals surface area contributed by atoms with Crippen LogP contribution in [0.5, 0.6) is 5.75 Å². The van der Waals surface area contributed by atoms with E-state index >= 15 is 0 Å². The van der Waals surface area contributed by atoms with E-state index in [1.807, 2.05) is 4.90 Å². The number of phenols is 1. The monoisotopic (exact) mass is 371 g/mol. The Hall–Kier alpha value is -1.01. The van der Waals surface area contributed by atoms with Crippen LogP contribution < -0.4 is 11.1 Å². The van der Waals surface area contributed by atoms with Crippen LogP contribution in [0.2, 0.25) is 10.0 Å². The largest absolute Gasteiger partial charge is 0.508 e. The number of piperidine rings is 1. The molecule has 5 nitrogen and oxygen atoms in total. The first kappa shape index (κ1) is 17.8. The van der Waals surface area contributed by atoms with E-state index in [0.717, 1.165) is 45.4 Å². The van der Waals surface area contributed by atoms with Gasteiger partial charge in [0.25, 0.3) is 0 Å². The van der Waals surface area contributed by atoms with Gasteiger partial charge in [-0.1, -0.05) is 23.2 Å². The van der Waals surface area contributed by atoms with Crippen molar-refractivity contribution in [1.82, 2.24) is 10.2 Å². The molecule has 0 saturated carbocycles. The number of nitrogens with one attached hydrogen (secondary N) is 1. The van der Waals surface area contributed by atoms with Crippen molar-refractivity contribution in [3.8, 4) is 5.75 Å². The second-order valence-electron chi connectivity index (χ2n) is 6.70. The summed E-state index contributed by atoms with van der Waals surface area (Å²) < 4.78 is 0. The molecule has 0 spiro atoms. The fourth-order valence-corrected chi connectivity index (χ4v) is 4.01. The van der Waals surface area contributed by atoms with Crippen LogP contribution >= 0.6 is 23.2 Å². The zero-order valence-electron chi connectivity index (χ0n) is 13.5. The first-order valence-corrected chi connectivity index (χ1v) is 9.16. The maximum Gasteiger partial charge on any atom is 0.227 e. The number of phenolic OH excluding ortho intramolecular Hbond substituents is 1. The molecule has 2 aliphatic rings. The number of carbonyl (C=O) groups excluding carboxylic acids is 1. The van der Waals surface area contributed by atoms with Crippen molar-refractivity contribution in [1.29, 1.82) is 0 Å². The summed E-state index contributed by atoms with van der Waals surface area (Å²) in [6.07, 6.45) is 2.58. The fraction of sp³-hybridized carbons (Fsp3) is 0.588. The number of halogens is 2. The highest BCUT2D eigenvalue weighted by Crippen LogP contribution is 2.37. The van der Waals surface area contributed by atoms with Gasteiger partial charge in [0.2, 0.25) is 5.91 Å². The lowest BCUT2D eigenvalue weighted by atomic mass is 9.85. The quantitative estimate of drug-likeness (QED) is 0.762. The van der Waals surface area contributed by atoms with E-state index in [1.54, 1.807) is 6.07 Å². The van der Waals surface area contributed by atoms with Crippen LogP contribution in [0.3, 0.4) is 0 Å². The van der Waals surface area contributed by atoms with Crippen LogP contribution in [0.15, 0.2) is 12.1 Å². The van der Waals surface area contributed by atoms with Gasteiger partial charge in [0.1, 0.15) is 5.75 Å². The molecule has 4 N–H and O–H groups in total. The summed E-state index contributed by atoms with van der Waals surface area (Å²) in [6, 6.07) is 2.77. The molecule has 7 heteroatoms. The normalized spacial score (nSPS) is 23.5. The molecule has 0 aliphatic carbocycles. The maximum absolute atomic E-state index is 12.5. The number of rotatable bonds is 3. The van der Waals surface area contributed by atoms with E-state index in [1.165, 1.54) is 6.07 Å². The summed E-state index contributed by atoms with van der Waals surface area (Å²) in [6.45, 7) is 3.15. The van der Waals surface area contributed by atoms with Crippen molar-refractivity contribution in [2.24, 2.45) is 17.6 Å². The molecule has 2 fully saturated rings. The molecular weight excluding hydrogens is 349 g/mol. The SMILES string of the molecule is N[C@@H](c1cc(Cl)c(Cl)cc1O)C1CCN(C(=O)[C@H]2CCNC2)CC1. The third kappa shape index (κ3) is 3.64. The van der Waals surface area contributed by atoms with Gasteiger partial charge >= 0.3 is 0 Å². The van der Waals surface area contributed by atoms with Crippen molar-refractivity contribution < 1.29 is 9.90 Å². The molecule has 1 aromatic rings. The molecule has 1 aromatic carbocycles. The molecule has 2 aliphatic heterocycles. The minimum atomic E-state index is -0.315. The predicted octanol–water partition coefficient (Wildman–Crippen LogP) is 2.55. The van der Waals surface area contributed by atoms with Gasteiger partial charge in [-0.3, -0.25) is 4.79 Å². The number of benzene rings is 1. The van der Waals surface area contributed by atoms with Crippen molar-refractivity contribution >= 4 is 29.1 Å². The van der Waals surface area contributed by atoms with Crippen LogP contribution in [-0.4, -0.2) is 42.1 Å². The van der Waals surface area contributed by atoms with Crippen molar-refractivity contribution in [2.75, 3.05) is 26.2 Å². The number of likely N-dealkylation sites (tertiary alicyclic amines) is 1. The number of hydrogen-bond donors (Lipinski definition) is 3. The van der Waals surface area contributed by atoms with Crippen LogP contribution in [0.25, 0.3) is 0 Å². The summed E-state index contributed by atoms with van der Waals surface area (Å²) in [5.41, 5.74) is 6.98. The molecule has 2 atom stereocenters. The first-order chi connectivity index (χ1) is 11.5. The average Bonchev–Trinajstić information content (AvgIpc) is 3.11. The van der Waals surface area contributed by atoms with Gasteiger partial charge in [-0.05, 0) is 37.8 Å². The lowest BCUT2D eigenvalue weighted by Gasteiger charge is -2.36. The van der Waals surface area contributed by atoms with Gasteiger partial charge < -0.3 is 21.1 Å². The molecule has 2 heterocycles. The Balaban J connectivity index is 1.62. The average molecular weight is 372 g/mol. The minimum Gasteiger partial charge on any atom is -0.508 e. The van der Waals surface area contributed by atoms with E-state index < -0.39 is 0 Å². The highest BCUT2D eigenvalue weighted by atomic mass is 35.5. The topological polar surface area (TPSA) is 78.6 Å². The van der Waals surface area contributed by atoms with Crippen molar-refractivity contribution in [2.45, 2.75) is 25.3 Å². The lowest BCUT2D eigenvalue weighted by molar-refractivity contribution is -0.136. The first-order valence-electron chi connectivity index (χ1n) is 8.40. The molecule has 1 amide bonds. The Kier molecular flexibility index (Phi) is 5.55. The van der Waals surface area contributed by atoms with Gasteiger partial charge in [-0.2, -0.15) is 0 Å². The Morgan fingerprint density at radius 1 is 1.25 bits per heavy atom. The summed E-state index contributed by atoms with van der Waals surface area (Å²) in [4.78, 5) is 14.4. The Morgan fingerprint density at radius 2 is 1.92 bits per heavy atom. The fourth-order valence-electron chi connectivity index (χ4n) is 3.68. The van der Waals surface area contributed by atoms with Crippen LogP contribution in [-0.2, 0) is 4.79 Å². The smallest absolute Gasteiger partial charge is 0.227 e. The van der Waals surface area contributed by atoms with Crippen LogP contribution in [0.4, 0.5) is 0 Å². The van der Waals surface area contributed by atoms with Crippen LogP contribution in [0, 0.1) is 11.8 Å². The Morgan fingerprint density at radius 3 is 2.54 bits per heavy atom. The highest BCUT2D eigenvalue weighted by molar-refractivity contribution is 6.42. The van der Waals surface area contributed by atoms with E-state index in [9.17, 15) is 9.90 Å². The molecule has 3 rings (SSSR count). The van der Waals surface area contributed by atoms with E-state index in [-0.39, 0.29) is 29.5 Å². The molecule has 132 valence electrons. The molecule has 0 aromatic heterocycles. The van der Waals surface area contributed by atoms with Gasteiger partial charge in [0.15, 0.2) is 0 Å². The third-order valence-corrected chi connectivity index (χ3v) is 5.92. The minimum absolute atomic E-state index is 0.0763. The number of aromatic hydroxyl groups is 1. The van der Waals surface area contributed by atoms with Gasteiger partial charge in [0, 0.05) is 37.3 Å². The summed E-state index contributed by atoms with van der Waals surface area (Å²) in [7, 11) is 0. The predicted molar refractivity (Wildman–Crippen MR) is 95.3 cm³/mol. The van der Waals surface area contributed by atoms with Gasteiger partial charge in [-0.25, -0.2) is 0 Å². The summed E-state index contributed by atoms with van der Waals surface area (Å²) in [5.74, 6) is 0.657. The van der Waals surface area contributed by atoms with E-state index in [0.29, 0.717) is 15.6 Å². The van der Waals surface area contributed by atoms with Crippen molar-refractivity contribution in [3.63, 3.8) is 0 Å².